The first-order valence-electron chi connectivity index (χ1n) is 8.29. The molecular weight excluding hydrogens is 423 g/mol. The molecule has 130 valence electrons. The van der Waals surface area contributed by atoms with E-state index in [9.17, 15) is 0 Å². The van der Waals surface area contributed by atoms with E-state index in [2.05, 4.69) is 29.0 Å². The van der Waals surface area contributed by atoms with Crippen molar-refractivity contribution in [2.45, 2.75) is 39.7 Å². The van der Waals surface area contributed by atoms with E-state index < -0.39 is 0 Å². The second-order valence-electron chi connectivity index (χ2n) is 6.22. The van der Waals surface area contributed by atoms with Crippen molar-refractivity contribution in [1.29, 1.82) is 0 Å². The van der Waals surface area contributed by atoms with E-state index in [4.69, 9.17) is 9.73 Å². The van der Waals surface area contributed by atoms with Crippen molar-refractivity contribution < 1.29 is 4.74 Å². The summed E-state index contributed by atoms with van der Waals surface area (Å²) >= 11 is 1.77. The van der Waals surface area contributed by atoms with Gasteiger partial charge in [-0.3, -0.25) is 0 Å². The number of guanidine groups is 1. The van der Waals surface area contributed by atoms with Crippen LogP contribution < -0.4 is 5.32 Å². The average Bonchev–Trinajstić information content (AvgIpc) is 3.26. The van der Waals surface area contributed by atoms with Gasteiger partial charge < -0.3 is 15.0 Å². The first kappa shape index (κ1) is 18.9. The zero-order chi connectivity index (χ0) is 15.4. The second kappa shape index (κ2) is 8.62. The molecule has 23 heavy (non-hydrogen) atoms. The quantitative estimate of drug-likeness (QED) is 0.436. The highest BCUT2D eigenvalue weighted by molar-refractivity contribution is 14.0. The van der Waals surface area contributed by atoms with E-state index in [0.29, 0.717) is 12.0 Å². The zero-order valence-electron chi connectivity index (χ0n) is 14.0. The van der Waals surface area contributed by atoms with Crippen LogP contribution in [0.15, 0.2) is 11.2 Å². The van der Waals surface area contributed by atoms with E-state index >= 15 is 0 Å². The van der Waals surface area contributed by atoms with Crippen LogP contribution in [0.5, 0.6) is 0 Å². The Balaban J connectivity index is 0.00000192. The first-order chi connectivity index (χ1) is 10.7. The van der Waals surface area contributed by atoms with Gasteiger partial charge in [-0.05, 0) is 26.2 Å². The fraction of sp³-hybridized carbons (Fsp3) is 0.750. The lowest BCUT2D eigenvalue weighted by Gasteiger charge is -2.24. The highest BCUT2D eigenvalue weighted by Crippen LogP contribution is 2.38. The van der Waals surface area contributed by atoms with Crippen LogP contribution in [0.4, 0.5) is 0 Å². The summed E-state index contributed by atoms with van der Waals surface area (Å²) in [5.74, 6) is 1.03. The highest BCUT2D eigenvalue weighted by atomic mass is 127. The summed E-state index contributed by atoms with van der Waals surface area (Å²) in [6.07, 6.45) is 5.43. The van der Waals surface area contributed by atoms with Gasteiger partial charge in [0.1, 0.15) is 5.01 Å². The molecule has 7 heteroatoms. The number of nitrogens with one attached hydrogen (secondary N) is 1. The maximum absolute atomic E-state index is 5.62. The van der Waals surface area contributed by atoms with E-state index in [1.54, 1.807) is 11.3 Å². The molecule has 3 heterocycles. The van der Waals surface area contributed by atoms with Crippen molar-refractivity contribution in [2.75, 3.05) is 32.8 Å². The summed E-state index contributed by atoms with van der Waals surface area (Å²) < 4.78 is 5.62. The lowest BCUT2D eigenvalue weighted by atomic mass is 9.87. The Morgan fingerprint density at radius 2 is 2.35 bits per heavy atom. The molecule has 5 nitrogen and oxygen atoms in total. The van der Waals surface area contributed by atoms with Gasteiger partial charge in [-0.25, -0.2) is 9.98 Å². The molecule has 2 aliphatic rings. The second-order valence-corrected chi connectivity index (χ2v) is 7.42. The SMILES string of the molecule is CCNC(=NCc1ncc(CC)s1)N1CCC2(CCOC2)C1.I. The zero-order valence-corrected chi connectivity index (χ0v) is 17.2. The van der Waals surface area contributed by atoms with E-state index in [-0.39, 0.29) is 24.0 Å². The van der Waals surface area contributed by atoms with Crippen molar-refractivity contribution in [2.24, 2.45) is 10.4 Å². The van der Waals surface area contributed by atoms with Crippen LogP contribution in [0.25, 0.3) is 0 Å². The molecule has 0 bridgehead atoms. The van der Waals surface area contributed by atoms with Crippen molar-refractivity contribution in [1.82, 2.24) is 15.2 Å². The van der Waals surface area contributed by atoms with Crippen molar-refractivity contribution >= 4 is 41.3 Å². The van der Waals surface area contributed by atoms with Gasteiger partial charge in [0.25, 0.3) is 0 Å². The molecule has 1 spiro atoms. The molecule has 1 atom stereocenters. The van der Waals surface area contributed by atoms with Gasteiger partial charge in [-0.15, -0.1) is 35.3 Å². The normalized spacial score (nSPS) is 24.3. The number of thiazole rings is 1. The van der Waals surface area contributed by atoms with Gasteiger partial charge >= 0.3 is 0 Å². The molecule has 2 fully saturated rings. The average molecular weight is 450 g/mol. The molecule has 1 N–H and O–H groups in total. The smallest absolute Gasteiger partial charge is 0.194 e. The summed E-state index contributed by atoms with van der Waals surface area (Å²) in [7, 11) is 0. The third kappa shape index (κ3) is 4.57. The maximum atomic E-state index is 5.62. The van der Waals surface area contributed by atoms with Crippen molar-refractivity contribution in [3.05, 3.63) is 16.1 Å². The first-order valence-corrected chi connectivity index (χ1v) is 9.11. The maximum Gasteiger partial charge on any atom is 0.194 e. The number of likely N-dealkylation sites (tertiary alicyclic amines) is 1. The minimum atomic E-state index is 0. The summed E-state index contributed by atoms with van der Waals surface area (Å²) in [6.45, 7) is 9.83. The topological polar surface area (TPSA) is 49.8 Å². The molecule has 0 amide bonds. The predicted octanol–water partition coefficient (Wildman–Crippen LogP) is 2.90. The number of aliphatic imine (C=N–C) groups is 1. The van der Waals surface area contributed by atoms with Gasteiger partial charge in [-0.1, -0.05) is 6.92 Å². The fourth-order valence-electron chi connectivity index (χ4n) is 3.24. The summed E-state index contributed by atoms with van der Waals surface area (Å²) in [4.78, 5) is 13.0. The van der Waals surface area contributed by atoms with Crippen LogP contribution in [0, 0.1) is 5.41 Å². The number of aromatic nitrogens is 1. The molecular formula is C16H27IN4OS. The summed E-state index contributed by atoms with van der Waals surface area (Å²) in [5.41, 5.74) is 0.368. The number of ether oxygens (including phenoxy) is 1. The molecule has 1 aromatic rings. The largest absolute Gasteiger partial charge is 0.381 e. The molecule has 1 unspecified atom stereocenters. The Kier molecular flexibility index (Phi) is 7.09. The number of halogens is 1. The molecule has 3 rings (SSSR count). The number of nitrogens with zero attached hydrogens (tertiary/aromatic N) is 3. The lowest BCUT2D eigenvalue weighted by Crippen LogP contribution is -2.41. The minimum Gasteiger partial charge on any atom is -0.381 e. The number of hydrogen-bond donors (Lipinski definition) is 1. The third-order valence-electron chi connectivity index (χ3n) is 4.57. The van der Waals surface area contributed by atoms with Crippen LogP contribution in [-0.2, 0) is 17.7 Å². The molecule has 1 aromatic heterocycles. The summed E-state index contributed by atoms with van der Waals surface area (Å²) in [6, 6.07) is 0. The van der Waals surface area contributed by atoms with Gasteiger partial charge in [0.05, 0.1) is 13.2 Å². The van der Waals surface area contributed by atoms with Crippen LogP contribution in [0.1, 0.15) is 36.6 Å². The lowest BCUT2D eigenvalue weighted by molar-refractivity contribution is 0.156. The number of aryl methyl sites for hydroxylation is 1. The van der Waals surface area contributed by atoms with Crippen LogP contribution in [0.3, 0.4) is 0 Å². The molecule has 0 saturated carbocycles. The van der Waals surface area contributed by atoms with Crippen molar-refractivity contribution in [3.8, 4) is 0 Å². The van der Waals surface area contributed by atoms with Crippen molar-refractivity contribution in [3.63, 3.8) is 0 Å². The predicted molar refractivity (Wildman–Crippen MR) is 106 cm³/mol. The molecule has 2 saturated heterocycles. The Bertz CT molecular complexity index is 528. The fourth-order valence-corrected chi connectivity index (χ4v) is 4.03. The minimum absolute atomic E-state index is 0. The van der Waals surface area contributed by atoms with E-state index in [0.717, 1.165) is 50.2 Å². The van der Waals surface area contributed by atoms with Gasteiger partial charge in [0, 0.05) is 42.7 Å². The Labute approximate surface area is 159 Å². The van der Waals surface area contributed by atoms with Crippen LogP contribution >= 0.6 is 35.3 Å². The Morgan fingerprint density at radius 1 is 1.48 bits per heavy atom. The third-order valence-corrected chi connectivity index (χ3v) is 5.70. The molecule has 0 radical (unpaired) electrons. The molecule has 0 aliphatic carbocycles. The Morgan fingerprint density at radius 3 is 3.00 bits per heavy atom. The van der Waals surface area contributed by atoms with E-state index in [1.165, 1.54) is 17.7 Å². The van der Waals surface area contributed by atoms with Gasteiger partial charge in [0.2, 0.25) is 0 Å². The van der Waals surface area contributed by atoms with Gasteiger partial charge in [-0.2, -0.15) is 0 Å². The summed E-state index contributed by atoms with van der Waals surface area (Å²) in [5, 5.41) is 4.54. The molecule has 0 aromatic carbocycles. The monoisotopic (exact) mass is 450 g/mol. The van der Waals surface area contributed by atoms with Crippen LogP contribution in [-0.4, -0.2) is 48.7 Å². The number of rotatable bonds is 4. The highest BCUT2D eigenvalue weighted by Gasteiger charge is 2.42. The standard InChI is InChI=1S/C16H26N4OS.HI/c1-3-13-9-18-14(22-13)10-19-15(17-4-2)20-7-5-16(11-20)6-8-21-12-16;/h9H,3-8,10-12H2,1-2H3,(H,17,19);1H. The van der Waals surface area contributed by atoms with E-state index in [1.807, 2.05) is 6.20 Å². The number of hydrogen-bond acceptors (Lipinski definition) is 4. The van der Waals surface area contributed by atoms with Crippen LogP contribution in [0.2, 0.25) is 0 Å². The Hall–Kier alpha value is -0.410. The van der Waals surface area contributed by atoms with Gasteiger partial charge in [0.15, 0.2) is 5.96 Å². The molecule has 2 aliphatic heterocycles.